The molecule has 0 saturated carbocycles. The topological polar surface area (TPSA) is 41.1 Å². The Bertz CT molecular complexity index is 608. The van der Waals surface area contributed by atoms with Crippen molar-refractivity contribution in [1.82, 2.24) is 5.32 Å². The number of halogens is 1. The minimum Gasteiger partial charge on any atom is -0.381 e. The number of anilines is 1. The molecule has 4 heteroatoms. The number of nitrogens with one attached hydrogen (secondary N) is 2. The first-order valence-corrected chi connectivity index (χ1v) is 6.41. The lowest BCUT2D eigenvalue weighted by Gasteiger charge is -2.09. The highest BCUT2D eigenvalue weighted by Crippen LogP contribution is 2.15. The number of aryl methyl sites for hydroxylation is 1. The van der Waals surface area contributed by atoms with Gasteiger partial charge in [0, 0.05) is 19.3 Å². The van der Waals surface area contributed by atoms with E-state index in [1.54, 1.807) is 6.07 Å². The fourth-order valence-electron chi connectivity index (χ4n) is 1.85. The molecule has 0 unspecified atom stereocenters. The lowest BCUT2D eigenvalue weighted by molar-refractivity contribution is 0.0959. The molecule has 3 nitrogen and oxygen atoms in total. The van der Waals surface area contributed by atoms with Crippen LogP contribution in [-0.4, -0.2) is 13.0 Å². The zero-order valence-corrected chi connectivity index (χ0v) is 11.5. The van der Waals surface area contributed by atoms with E-state index < -0.39 is 11.7 Å². The van der Waals surface area contributed by atoms with Crippen LogP contribution in [0, 0.1) is 12.7 Å². The Kier molecular flexibility index (Phi) is 4.35. The summed E-state index contributed by atoms with van der Waals surface area (Å²) in [4.78, 5) is 11.4. The Labute approximate surface area is 117 Å². The molecule has 0 bridgehead atoms. The summed E-state index contributed by atoms with van der Waals surface area (Å²) in [6, 6.07) is 12.6. The Hall–Kier alpha value is -2.36. The second-order valence-corrected chi connectivity index (χ2v) is 4.61. The molecule has 0 aliphatic heterocycles. The van der Waals surface area contributed by atoms with Gasteiger partial charge in [-0.15, -0.1) is 0 Å². The second kappa shape index (κ2) is 6.19. The largest absolute Gasteiger partial charge is 0.381 e. The first-order chi connectivity index (χ1) is 9.60. The third-order valence-corrected chi connectivity index (χ3v) is 3.06. The number of carbonyl (C=O) groups excluding carboxylic acids is 1. The van der Waals surface area contributed by atoms with E-state index in [1.807, 2.05) is 31.2 Å². The van der Waals surface area contributed by atoms with Crippen LogP contribution in [0.2, 0.25) is 0 Å². The van der Waals surface area contributed by atoms with Crippen LogP contribution in [0.15, 0.2) is 42.5 Å². The normalized spacial score (nSPS) is 10.2. The van der Waals surface area contributed by atoms with E-state index >= 15 is 0 Å². The van der Waals surface area contributed by atoms with Crippen molar-refractivity contribution in [3.63, 3.8) is 0 Å². The number of hydrogen-bond donors (Lipinski definition) is 2. The zero-order chi connectivity index (χ0) is 14.5. The van der Waals surface area contributed by atoms with Gasteiger partial charge in [0.1, 0.15) is 5.82 Å². The van der Waals surface area contributed by atoms with Crippen LogP contribution in [-0.2, 0) is 6.54 Å². The third-order valence-electron chi connectivity index (χ3n) is 3.06. The van der Waals surface area contributed by atoms with Crippen LogP contribution in [0.25, 0.3) is 0 Å². The maximum absolute atomic E-state index is 13.8. The van der Waals surface area contributed by atoms with Crippen LogP contribution in [0.1, 0.15) is 21.5 Å². The van der Waals surface area contributed by atoms with E-state index in [0.29, 0.717) is 12.2 Å². The molecule has 104 valence electrons. The fourth-order valence-corrected chi connectivity index (χ4v) is 1.85. The smallest absolute Gasteiger partial charge is 0.253 e. The third kappa shape index (κ3) is 3.35. The van der Waals surface area contributed by atoms with Crippen molar-refractivity contribution in [1.29, 1.82) is 0 Å². The summed E-state index contributed by atoms with van der Waals surface area (Å²) in [5, 5.41) is 5.54. The van der Waals surface area contributed by atoms with Gasteiger partial charge < -0.3 is 10.6 Å². The monoisotopic (exact) mass is 272 g/mol. The van der Waals surface area contributed by atoms with Crippen molar-refractivity contribution >= 4 is 11.6 Å². The molecule has 20 heavy (non-hydrogen) atoms. The predicted molar refractivity (Wildman–Crippen MR) is 78.3 cm³/mol. The summed E-state index contributed by atoms with van der Waals surface area (Å²) in [6.45, 7) is 2.64. The molecule has 2 N–H and O–H groups in total. The number of carbonyl (C=O) groups is 1. The molecule has 0 aromatic heterocycles. The SMILES string of the molecule is CNC(=O)c1ccc(NCc2ccc(C)cc2)cc1F. The maximum atomic E-state index is 13.8. The van der Waals surface area contributed by atoms with Crippen molar-refractivity contribution in [3.8, 4) is 0 Å². The lowest BCUT2D eigenvalue weighted by Crippen LogP contribution is -2.19. The van der Waals surface area contributed by atoms with E-state index in [-0.39, 0.29) is 5.56 Å². The number of amides is 1. The summed E-state index contributed by atoms with van der Waals surface area (Å²) in [5.74, 6) is -0.953. The van der Waals surface area contributed by atoms with E-state index in [0.717, 1.165) is 5.56 Å². The molecule has 0 heterocycles. The van der Waals surface area contributed by atoms with Gasteiger partial charge in [0.25, 0.3) is 5.91 Å². The van der Waals surface area contributed by atoms with Gasteiger partial charge in [-0.25, -0.2) is 4.39 Å². The molecule has 0 aliphatic rings. The molecule has 2 rings (SSSR count). The molecule has 0 atom stereocenters. The average Bonchev–Trinajstić information content (AvgIpc) is 2.46. The van der Waals surface area contributed by atoms with Crippen LogP contribution in [0.3, 0.4) is 0 Å². The van der Waals surface area contributed by atoms with Crippen molar-refractivity contribution < 1.29 is 9.18 Å². The highest BCUT2D eigenvalue weighted by molar-refractivity contribution is 5.94. The predicted octanol–water partition coefficient (Wildman–Crippen LogP) is 3.11. The van der Waals surface area contributed by atoms with Gasteiger partial charge in [-0.05, 0) is 30.7 Å². The molecule has 0 aliphatic carbocycles. The second-order valence-electron chi connectivity index (χ2n) is 4.61. The van der Waals surface area contributed by atoms with Crippen LogP contribution in [0.5, 0.6) is 0 Å². The van der Waals surface area contributed by atoms with E-state index in [4.69, 9.17) is 0 Å². The maximum Gasteiger partial charge on any atom is 0.253 e. The molecule has 2 aromatic carbocycles. The summed E-state index contributed by atoms with van der Waals surface area (Å²) >= 11 is 0. The fraction of sp³-hybridized carbons (Fsp3) is 0.188. The van der Waals surface area contributed by atoms with Crippen LogP contribution < -0.4 is 10.6 Å². The van der Waals surface area contributed by atoms with Crippen molar-refractivity contribution in [2.45, 2.75) is 13.5 Å². The number of rotatable bonds is 4. The first kappa shape index (κ1) is 14.1. The zero-order valence-electron chi connectivity index (χ0n) is 11.5. The van der Waals surface area contributed by atoms with Gasteiger partial charge in [-0.1, -0.05) is 29.8 Å². The number of benzene rings is 2. The van der Waals surface area contributed by atoms with E-state index in [1.165, 1.54) is 24.7 Å². The molecule has 2 aromatic rings. The summed E-state index contributed by atoms with van der Waals surface area (Å²) in [5.41, 5.74) is 3.02. The molecule has 0 fully saturated rings. The molecular formula is C16H17FN2O. The van der Waals surface area contributed by atoms with Gasteiger partial charge in [0.2, 0.25) is 0 Å². The summed E-state index contributed by atoms with van der Waals surface area (Å²) in [7, 11) is 1.48. The van der Waals surface area contributed by atoms with E-state index in [2.05, 4.69) is 10.6 Å². The quantitative estimate of drug-likeness (QED) is 0.898. The first-order valence-electron chi connectivity index (χ1n) is 6.41. The minimum atomic E-state index is -0.529. The van der Waals surface area contributed by atoms with Crippen molar-refractivity contribution in [3.05, 3.63) is 65.0 Å². The Morgan fingerprint density at radius 1 is 1.15 bits per heavy atom. The Morgan fingerprint density at radius 2 is 1.85 bits per heavy atom. The van der Waals surface area contributed by atoms with Gasteiger partial charge in [-0.2, -0.15) is 0 Å². The summed E-state index contributed by atoms with van der Waals surface area (Å²) in [6.07, 6.45) is 0. The van der Waals surface area contributed by atoms with Crippen molar-refractivity contribution in [2.24, 2.45) is 0 Å². The molecule has 0 radical (unpaired) electrons. The van der Waals surface area contributed by atoms with Crippen LogP contribution in [0.4, 0.5) is 10.1 Å². The standard InChI is InChI=1S/C16H17FN2O/c1-11-3-5-12(6-4-11)10-19-13-7-8-14(15(17)9-13)16(20)18-2/h3-9,19H,10H2,1-2H3,(H,18,20). The molecule has 1 amide bonds. The molecule has 0 saturated heterocycles. The van der Waals surface area contributed by atoms with Crippen LogP contribution >= 0.6 is 0 Å². The highest BCUT2D eigenvalue weighted by Gasteiger charge is 2.10. The van der Waals surface area contributed by atoms with Crippen molar-refractivity contribution in [2.75, 3.05) is 12.4 Å². The van der Waals surface area contributed by atoms with Gasteiger partial charge in [-0.3, -0.25) is 4.79 Å². The van der Waals surface area contributed by atoms with E-state index in [9.17, 15) is 9.18 Å². The minimum absolute atomic E-state index is 0.0494. The Morgan fingerprint density at radius 3 is 2.45 bits per heavy atom. The summed E-state index contributed by atoms with van der Waals surface area (Å²) < 4.78 is 13.8. The van der Waals surface area contributed by atoms with Gasteiger partial charge in [0.05, 0.1) is 5.56 Å². The molecular weight excluding hydrogens is 255 g/mol. The van der Waals surface area contributed by atoms with Gasteiger partial charge >= 0.3 is 0 Å². The average molecular weight is 272 g/mol. The Balaban J connectivity index is 2.05. The number of hydrogen-bond acceptors (Lipinski definition) is 2. The lowest BCUT2D eigenvalue weighted by atomic mass is 10.1. The van der Waals surface area contributed by atoms with Gasteiger partial charge in [0.15, 0.2) is 0 Å². The highest BCUT2D eigenvalue weighted by atomic mass is 19.1. The molecule has 0 spiro atoms.